The summed E-state index contributed by atoms with van der Waals surface area (Å²) >= 11 is 0. The van der Waals surface area contributed by atoms with E-state index in [2.05, 4.69) is 11.9 Å². The average Bonchev–Trinajstić information content (AvgIpc) is 2.39. The first-order valence-corrected chi connectivity index (χ1v) is 6.98. The first-order valence-electron chi connectivity index (χ1n) is 6.98. The molecule has 0 atom stereocenters. The van der Waals surface area contributed by atoms with Gasteiger partial charge in [-0.2, -0.15) is 0 Å². The van der Waals surface area contributed by atoms with Gasteiger partial charge in [0, 0.05) is 5.69 Å². The summed E-state index contributed by atoms with van der Waals surface area (Å²) in [4.78, 5) is 4.26. The summed E-state index contributed by atoms with van der Waals surface area (Å²) in [6, 6.07) is 3.81. The maximum absolute atomic E-state index is 9.20. The number of hydrogen-bond acceptors (Lipinski definition) is 3. The molecule has 18 heavy (non-hydrogen) atoms. The van der Waals surface area contributed by atoms with Gasteiger partial charge in [-0.25, -0.2) is 0 Å². The second-order valence-electron chi connectivity index (χ2n) is 4.67. The zero-order chi connectivity index (χ0) is 13.2. The summed E-state index contributed by atoms with van der Waals surface area (Å²) in [6.07, 6.45) is 7.51. The van der Waals surface area contributed by atoms with Crippen molar-refractivity contribution < 1.29 is 9.84 Å². The maximum atomic E-state index is 9.20. The Morgan fingerprint density at radius 1 is 1.11 bits per heavy atom. The van der Waals surface area contributed by atoms with Crippen LogP contribution in [0.2, 0.25) is 0 Å². The summed E-state index contributed by atoms with van der Waals surface area (Å²) in [5.74, 6) is 0.719. The molecule has 0 saturated heterocycles. The maximum Gasteiger partial charge on any atom is 0.143 e. The molecule has 0 unspecified atom stereocenters. The summed E-state index contributed by atoms with van der Waals surface area (Å²) in [5, 5.41) is 9.20. The predicted molar refractivity (Wildman–Crippen MR) is 73.8 cm³/mol. The minimum Gasteiger partial charge on any atom is -0.492 e. The molecule has 0 saturated carbocycles. The van der Waals surface area contributed by atoms with Crippen LogP contribution < -0.4 is 4.74 Å². The molecule has 0 radical (unpaired) electrons. The lowest BCUT2D eigenvalue weighted by atomic mass is 10.1. The highest BCUT2D eigenvalue weighted by Crippen LogP contribution is 2.17. The molecule has 1 N–H and O–H groups in total. The summed E-state index contributed by atoms with van der Waals surface area (Å²) < 4.78 is 5.67. The topological polar surface area (TPSA) is 42.4 Å². The molecular formula is C15H25NO2. The number of rotatable bonds is 9. The normalized spacial score (nSPS) is 10.6. The van der Waals surface area contributed by atoms with Crippen molar-refractivity contribution in [3.8, 4) is 5.75 Å². The highest BCUT2D eigenvalue weighted by Gasteiger charge is 2.04. The van der Waals surface area contributed by atoms with Crippen LogP contribution in [0.15, 0.2) is 12.1 Å². The second kappa shape index (κ2) is 8.92. The molecule has 1 heterocycles. The molecular weight excluding hydrogens is 226 g/mol. The standard InChI is InChI=1S/C15H25NO2/c1-3-4-5-6-7-8-11-18-15-10-9-13(2)16-14(15)12-17/h9-10,17H,3-8,11-12H2,1-2H3. The van der Waals surface area contributed by atoms with Crippen LogP contribution >= 0.6 is 0 Å². The molecule has 0 aromatic carbocycles. The largest absolute Gasteiger partial charge is 0.492 e. The number of ether oxygens (including phenoxy) is 1. The van der Waals surface area contributed by atoms with Gasteiger partial charge in [0.05, 0.1) is 13.2 Å². The van der Waals surface area contributed by atoms with E-state index >= 15 is 0 Å². The zero-order valence-corrected chi connectivity index (χ0v) is 11.6. The highest BCUT2D eigenvalue weighted by molar-refractivity contribution is 5.28. The van der Waals surface area contributed by atoms with Crippen LogP contribution in [0.1, 0.15) is 56.8 Å². The number of unbranched alkanes of at least 4 members (excludes halogenated alkanes) is 5. The molecule has 0 aliphatic rings. The lowest BCUT2D eigenvalue weighted by molar-refractivity contribution is 0.254. The van der Waals surface area contributed by atoms with E-state index in [1.54, 1.807) is 0 Å². The van der Waals surface area contributed by atoms with Gasteiger partial charge in [0.25, 0.3) is 0 Å². The van der Waals surface area contributed by atoms with E-state index in [-0.39, 0.29) is 6.61 Å². The third kappa shape index (κ3) is 5.50. The molecule has 0 amide bonds. The molecule has 0 bridgehead atoms. The molecule has 3 nitrogen and oxygen atoms in total. The van der Waals surface area contributed by atoms with Gasteiger partial charge in [0.1, 0.15) is 11.4 Å². The zero-order valence-electron chi connectivity index (χ0n) is 11.6. The predicted octanol–water partition coefficient (Wildman–Crippen LogP) is 3.62. The van der Waals surface area contributed by atoms with E-state index in [1.807, 2.05) is 19.1 Å². The van der Waals surface area contributed by atoms with E-state index in [9.17, 15) is 5.11 Å². The van der Waals surface area contributed by atoms with Crippen LogP contribution in [-0.2, 0) is 6.61 Å². The number of nitrogens with zero attached hydrogens (tertiary/aromatic N) is 1. The number of aryl methyl sites for hydroxylation is 1. The number of hydrogen-bond donors (Lipinski definition) is 1. The highest BCUT2D eigenvalue weighted by atomic mass is 16.5. The van der Waals surface area contributed by atoms with E-state index in [1.165, 1.54) is 32.1 Å². The van der Waals surface area contributed by atoms with Gasteiger partial charge in [-0.1, -0.05) is 39.0 Å². The third-order valence-corrected chi connectivity index (χ3v) is 2.98. The molecule has 1 rings (SSSR count). The van der Waals surface area contributed by atoms with Crippen molar-refractivity contribution >= 4 is 0 Å². The van der Waals surface area contributed by atoms with Gasteiger partial charge < -0.3 is 9.84 Å². The van der Waals surface area contributed by atoms with Crippen LogP contribution in [-0.4, -0.2) is 16.7 Å². The van der Waals surface area contributed by atoms with Gasteiger partial charge >= 0.3 is 0 Å². The molecule has 102 valence electrons. The third-order valence-electron chi connectivity index (χ3n) is 2.98. The number of aliphatic hydroxyl groups is 1. The fraction of sp³-hybridized carbons (Fsp3) is 0.667. The Hall–Kier alpha value is -1.09. The van der Waals surface area contributed by atoms with Crippen LogP contribution in [0.5, 0.6) is 5.75 Å². The minimum absolute atomic E-state index is 0.0620. The van der Waals surface area contributed by atoms with Gasteiger partial charge in [-0.05, 0) is 25.5 Å². The molecule has 1 aromatic heterocycles. The smallest absolute Gasteiger partial charge is 0.143 e. The van der Waals surface area contributed by atoms with E-state index in [4.69, 9.17) is 4.74 Å². The van der Waals surface area contributed by atoms with E-state index in [0.29, 0.717) is 12.3 Å². The van der Waals surface area contributed by atoms with Crippen LogP contribution in [0.3, 0.4) is 0 Å². The fourth-order valence-electron chi connectivity index (χ4n) is 1.91. The van der Waals surface area contributed by atoms with Gasteiger partial charge in [-0.15, -0.1) is 0 Å². The average molecular weight is 251 g/mol. The molecule has 0 aliphatic carbocycles. The van der Waals surface area contributed by atoms with Crippen molar-refractivity contribution in [2.24, 2.45) is 0 Å². The number of pyridine rings is 1. The quantitative estimate of drug-likeness (QED) is 0.682. The first kappa shape index (κ1) is 15.0. The molecule has 0 fully saturated rings. The number of aliphatic hydroxyl groups excluding tert-OH is 1. The van der Waals surface area contributed by atoms with Crippen molar-refractivity contribution in [3.63, 3.8) is 0 Å². The van der Waals surface area contributed by atoms with E-state index in [0.717, 1.165) is 17.9 Å². The van der Waals surface area contributed by atoms with Gasteiger partial charge in [0.2, 0.25) is 0 Å². The van der Waals surface area contributed by atoms with Gasteiger partial charge in [-0.3, -0.25) is 4.98 Å². The van der Waals surface area contributed by atoms with Crippen molar-refractivity contribution in [2.45, 2.75) is 59.0 Å². The summed E-state index contributed by atoms with van der Waals surface area (Å²) in [7, 11) is 0. The Kier molecular flexibility index (Phi) is 7.42. The molecule has 0 aliphatic heterocycles. The Bertz CT molecular complexity index is 339. The Labute approximate surface area is 110 Å². The van der Waals surface area contributed by atoms with Crippen molar-refractivity contribution in [1.82, 2.24) is 4.98 Å². The Balaban J connectivity index is 2.22. The van der Waals surface area contributed by atoms with Crippen LogP contribution in [0, 0.1) is 6.92 Å². The summed E-state index contributed by atoms with van der Waals surface area (Å²) in [6.45, 7) is 4.79. The number of aromatic nitrogens is 1. The molecule has 0 spiro atoms. The Morgan fingerprint density at radius 3 is 2.56 bits per heavy atom. The fourth-order valence-corrected chi connectivity index (χ4v) is 1.91. The van der Waals surface area contributed by atoms with Crippen LogP contribution in [0.4, 0.5) is 0 Å². The van der Waals surface area contributed by atoms with Crippen molar-refractivity contribution in [1.29, 1.82) is 0 Å². The summed E-state index contributed by atoms with van der Waals surface area (Å²) in [5.41, 5.74) is 1.55. The van der Waals surface area contributed by atoms with Gasteiger partial charge in [0.15, 0.2) is 0 Å². The lowest BCUT2D eigenvalue weighted by Gasteiger charge is -2.09. The lowest BCUT2D eigenvalue weighted by Crippen LogP contribution is -2.02. The Morgan fingerprint density at radius 2 is 1.83 bits per heavy atom. The van der Waals surface area contributed by atoms with E-state index < -0.39 is 0 Å². The SMILES string of the molecule is CCCCCCCCOc1ccc(C)nc1CO. The minimum atomic E-state index is -0.0620. The van der Waals surface area contributed by atoms with Crippen molar-refractivity contribution in [3.05, 3.63) is 23.5 Å². The monoisotopic (exact) mass is 251 g/mol. The first-order chi connectivity index (χ1) is 8.77. The second-order valence-corrected chi connectivity index (χ2v) is 4.67. The molecule has 1 aromatic rings. The van der Waals surface area contributed by atoms with Crippen LogP contribution in [0.25, 0.3) is 0 Å². The van der Waals surface area contributed by atoms with Crippen molar-refractivity contribution in [2.75, 3.05) is 6.61 Å². The molecule has 3 heteroatoms.